The molecule has 0 spiro atoms. The molecule has 1 fully saturated rings. The van der Waals surface area contributed by atoms with Crippen molar-refractivity contribution in [3.05, 3.63) is 64.6 Å². The van der Waals surface area contributed by atoms with Crippen LogP contribution in [0.2, 0.25) is 0 Å². The van der Waals surface area contributed by atoms with E-state index in [1.807, 2.05) is 23.1 Å². The van der Waals surface area contributed by atoms with Crippen LogP contribution in [0.15, 0.2) is 53.3 Å². The average molecular weight is 446 g/mol. The number of fused-ring (bicyclic) bond motifs is 3. The fraction of sp³-hybridized carbons (Fsp3) is 0.261. The van der Waals surface area contributed by atoms with E-state index in [2.05, 4.69) is 10.4 Å². The number of nitrogens with one attached hydrogen (secondary N) is 1. The molecule has 4 aromatic rings. The van der Waals surface area contributed by atoms with Crippen LogP contribution in [0, 0.1) is 0 Å². The molecule has 1 aliphatic rings. The molecule has 168 valence electrons. The third-order valence-corrected chi connectivity index (χ3v) is 5.55. The molecule has 1 amide bonds. The van der Waals surface area contributed by atoms with Gasteiger partial charge in [0.05, 0.1) is 24.2 Å². The molecular weight excluding hydrogens is 424 g/mol. The summed E-state index contributed by atoms with van der Waals surface area (Å²) < 4.78 is 8.08. The minimum Gasteiger partial charge on any atom is -0.378 e. The van der Waals surface area contributed by atoms with Crippen molar-refractivity contribution in [1.82, 2.24) is 19.2 Å². The Balaban J connectivity index is 1.52. The highest BCUT2D eigenvalue weighted by molar-refractivity contribution is 5.97. The highest BCUT2D eigenvalue weighted by atomic mass is 16.5. The summed E-state index contributed by atoms with van der Waals surface area (Å²) in [6.07, 6.45) is 0. The molecule has 1 aliphatic heterocycles. The van der Waals surface area contributed by atoms with Gasteiger partial charge in [0, 0.05) is 24.3 Å². The highest BCUT2D eigenvalue weighted by Crippen LogP contribution is 2.23. The fourth-order valence-corrected chi connectivity index (χ4v) is 3.92. The largest absolute Gasteiger partial charge is 0.378 e. The van der Waals surface area contributed by atoms with Gasteiger partial charge < -0.3 is 15.0 Å². The molecule has 3 heterocycles. The summed E-state index contributed by atoms with van der Waals surface area (Å²) in [7, 11) is 0. The lowest BCUT2D eigenvalue weighted by molar-refractivity contribution is -0.117. The molecule has 2 aromatic carbocycles. The van der Waals surface area contributed by atoms with Gasteiger partial charge in [-0.3, -0.25) is 9.59 Å². The summed E-state index contributed by atoms with van der Waals surface area (Å²) in [5.74, 6) is 0.0616. The number of benzene rings is 2. The normalized spacial score (nSPS) is 14.0. The van der Waals surface area contributed by atoms with E-state index in [1.165, 1.54) is 11.3 Å². The second-order valence-electron chi connectivity index (χ2n) is 7.81. The molecule has 0 unspecified atom stereocenters. The Morgan fingerprint density at radius 1 is 1.09 bits per heavy atom. The van der Waals surface area contributed by atoms with Gasteiger partial charge >= 0.3 is 5.69 Å². The monoisotopic (exact) mass is 446 g/mol. The van der Waals surface area contributed by atoms with Gasteiger partial charge in [0.15, 0.2) is 11.6 Å². The van der Waals surface area contributed by atoms with Crippen LogP contribution in [-0.2, 0) is 16.1 Å². The number of anilines is 2. The quantitative estimate of drug-likeness (QED) is 0.465. The van der Waals surface area contributed by atoms with Gasteiger partial charge in [0.1, 0.15) is 6.54 Å². The highest BCUT2D eigenvalue weighted by Gasteiger charge is 2.22. The predicted molar refractivity (Wildman–Crippen MR) is 123 cm³/mol. The molecule has 1 saturated heterocycles. The van der Waals surface area contributed by atoms with Crippen LogP contribution in [-0.4, -0.2) is 57.2 Å². The van der Waals surface area contributed by atoms with Crippen LogP contribution in [0.5, 0.6) is 0 Å². The molecule has 0 radical (unpaired) electrons. The van der Waals surface area contributed by atoms with E-state index in [-0.39, 0.29) is 12.3 Å². The number of carbonyl (C=O) groups excluding carboxylic acids is 2. The van der Waals surface area contributed by atoms with E-state index >= 15 is 0 Å². The first-order valence-corrected chi connectivity index (χ1v) is 10.6. The van der Waals surface area contributed by atoms with Crippen LogP contribution in [0.1, 0.15) is 17.3 Å². The maximum absolute atomic E-state index is 13.3. The second kappa shape index (κ2) is 8.47. The van der Waals surface area contributed by atoms with Gasteiger partial charge in [0.2, 0.25) is 11.6 Å². The van der Waals surface area contributed by atoms with Crippen molar-refractivity contribution in [3.8, 4) is 0 Å². The lowest BCUT2D eigenvalue weighted by atomic mass is 10.1. The van der Waals surface area contributed by atoms with Crippen LogP contribution in [0.4, 0.5) is 11.5 Å². The molecule has 10 heteroatoms. The number of ketones is 1. The first kappa shape index (κ1) is 20.8. The van der Waals surface area contributed by atoms with Crippen molar-refractivity contribution < 1.29 is 14.3 Å². The molecular formula is C23H22N6O4. The standard InChI is InChI=1S/C23H22N6O4/c1-15(30)16-5-4-6-17(13-16)24-20(31)14-28-23(32)29-19-8-3-2-7-18(19)25-21(22(29)26-28)27-9-11-33-12-10-27/h2-8,13H,9-12,14H2,1H3,(H,24,31). The van der Waals surface area contributed by atoms with Crippen molar-refractivity contribution in [2.75, 3.05) is 36.5 Å². The van der Waals surface area contributed by atoms with Crippen molar-refractivity contribution in [3.63, 3.8) is 0 Å². The molecule has 5 rings (SSSR count). The Hall–Kier alpha value is -4.05. The van der Waals surface area contributed by atoms with Gasteiger partial charge in [-0.05, 0) is 31.2 Å². The van der Waals surface area contributed by atoms with Crippen molar-refractivity contribution >= 4 is 39.9 Å². The van der Waals surface area contributed by atoms with E-state index in [0.29, 0.717) is 60.1 Å². The van der Waals surface area contributed by atoms with Crippen molar-refractivity contribution in [1.29, 1.82) is 0 Å². The minimum atomic E-state index is -0.425. The Morgan fingerprint density at radius 3 is 2.67 bits per heavy atom. The maximum atomic E-state index is 13.3. The summed E-state index contributed by atoms with van der Waals surface area (Å²) in [4.78, 5) is 44.4. The summed E-state index contributed by atoms with van der Waals surface area (Å²) in [5, 5.41) is 7.20. The summed E-state index contributed by atoms with van der Waals surface area (Å²) in [6.45, 7) is 3.58. The molecule has 0 bridgehead atoms. The van der Waals surface area contributed by atoms with Gasteiger partial charge in [-0.15, -0.1) is 5.10 Å². The number of rotatable bonds is 5. The van der Waals surface area contributed by atoms with E-state index in [4.69, 9.17) is 9.72 Å². The minimum absolute atomic E-state index is 0.0994. The van der Waals surface area contributed by atoms with Crippen LogP contribution >= 0.6 is 0 Å². The topological polar surface area (TPSA) is 111 Å². The zero-order chi connectivity index (χ0) is 22.9. The summed E-state index contributed by atoms with van der Waals surface area (Å²) in [5.41, 5.74) is 2.22. The first-order chi connectivity index (χ1) is 16.0. The van der Waals surface area contributed by atoms with E-state index in [9.17, 15) is 14.4 Å². The number of nitrogens with zero attached hydrogens (tertiary/aromatic N) is 5. The lowest BCUT2D eigenvalue weighted by Crippen LogP contribution is -2.37. The molecule has 0 saturated carbocycles. The zero-order valence-electron chi connectivity index (χ0n) is 18.0. The number of morpholine rings is 1. The SMILES string of the molecule is CC(=O)c1cccc(NC(=O)Cn2nc3c(N4CCOCC4)nc4ccccc4n3c2=O)c1. The third kappa shape index (κ3) is 3.96. The Bertz CT molecular complexity index is 1430. The number of carbonyl (C=O) groups is 2. The van der Waals surface area contributed by atoms with Crippen molar-refractivity contribution in [2.45, 2.75) is 13.5 Å². The molecule has 0 atom stereocenters. The molecule has 2 aromatic heterocycles. The maximum Gasteiger partial charge on any atom is 0.351 e. The number of amides is 1. The van der Waals surface area contributed by atoms with Gasteiger partial charge in [-0.25, -0.2) is 18.9 Å². The first-order valence-electron chi connectivity index (χ1n) is 10.6. The zero-order valence-corrected chi connectivity index (χ0v) is 18.0. The smallest absolute Gasteiger partial charge is 0.351 e. The number of ether oxygens (including phenoxy) is 1. The Labute approximate surface area is 188 Å². The summed E-state index contributed by atoms with van der Waals surface area (Å²) in [6, 6.07) is 14.0. The number of aromatic nitrogens is 4. The predicted octanol–water partition coefficient (Wildman–Crippen LogP) is 1.72. The van der Waals surface area contributed by atoms with Crippen LogP contribution < -0.4 is 15.9 Å². The lowest BCUT2D eigenvalue weighted by Gasteiger charge is -2.27. The number of para-hydroxylation sites is 2. The van der Waals surface area contributed by atoms with Crippen LogP contribution in [0.3, 0.4) is 0 Å². The fourth-order valence-electron chi connectivity index (χ4n) is 3.92. The van der Waals surface area contributed by atoms with Crippen molar-refractivity contribution in [2.24, 2.45) is 0 Å². The molecule has 0 aliphatic carbocycles. The second-order valence-corrected chi connectivity index (χ2v) is 7.81. The van der Waals surface area contributed by atoms with Gasteiger partial charge in [0.25, 0.3) is 0 Å². The molecule has 1 N–H and O–H groups in total. The van der Waals surface area contributed by atoms with Gasteiger partial charge in [-0.2, -0.15) is 0 Å². The number of Topliss-reactive ketones (excluding diaryl/α,β-unsaturated/α-hetero) is 1. The van der Waals surface area contributed by atoms with E-state index in [0.717, 1.165) is 4.68 Å². The Kier molecular flexibility index (Phi) is 5.35. The van der Waals surface area contributed by atoms with E-state index in [1.54, 1.807) is 30.3 Å². The molecule has 10 nitrogen and oxygen atoms in total. The van der Waals surface area contributed by atoms with Crippen LogP contribution in [0.25, 0.3) is 16.7 Å². The number of hydrogen-bond acceptors (Lipinski definition) is 7. The van der Waals surface area contributed by atoms with E-state index < -0.39 is 11.6 Å². The number of hydrogen-bond donors (Lipinski definition) is 1. The summed E-state index contributed by atoms with van der Waals surface area (Å²) >= 11 is 0. The van der Waals surface area contributed by atoms with Gasteiger partial charge in [-0.1, -0.05) is 24.3 Å². The third-order valence-electron chi connectivity index (χ3n) is 5.55. The Morgan fingerprint density at radius 2 is 1.88 bits per heavy atom. The molecule has 33 heavy (non-hydrogen) atoms. The average Bonchev–Trinajstić information content (AvgIpc) is 3.15.